The van der Waals surface area contributed by atoms with Gasteiger partial charge in [0.15, 0.2) is 17.2 Å². The smallest absolute Gasteiger partial charge is 0.330 e. The highest BCUT2D eigenvalue weighted by Crippen LogP contribution is 2.29. The molecule has 2 heterocycles. The van der Waals surface area contributed by atoms with Crippen molar-refractivity contribution < 1.29 is 28.6 Å². The van der Waals surface area contributed by atoms with E-state index in [1.165, 1.54) is 25.4 Å². The number of fused-ring (bicyclic) bond motifs is 1. The molecule has 0 aliphatic rings. The van der Waals surface area contributed by atoms with Gasteiger partial charge in [0.2, 0.25) is 0 Å². The Morgan fingerprint density at radius 1 is 1.31 bits per heavy atom. The number of pyridine rings is 1. The topological polar surface area (TPSA) is 103 Å². The number of methoxy groups -OCH3 is 1. The van der Waals surface area contributed by atoms with Gasteiger partial charge in [0.1, 0.15) is 11.9 Å². The Labute approximate surface area is 192 Å². The van der Waals surface area contributed by atoms with Crippen molar-refractivity contribution in [3.05, 3.63) is 52.6 Å². The van der Waals surface area contributed by atoms with Crippen LogP contribution in [0.1, 0.15) is 30.8 Å². The zero-order valence-electron chi connectivity index (χ0n) is 17.8. The summed E-state index contributed by atoms with van der Waals surface area (Å²) in [7, 11) is 1.34. The first-order valence-electron chi connectivity index (χ1n) is 9.92. The standard InChI is InChI=1S/C22H23BrFN3O5/c1-4-12(2)32-22(30)16(26-21(29)18-20(28)17(31-3)7-9-25-18)11-27-10-8-13-15(24)6-5-14(23)19(13)27/h5-10,12,16,28H,4,11H2,1-3H3,(H,26,29)/t12?,16-/m0/s1. The summed E-state index contributed by atoms with van der Waals surface area (Å²) in [4.78, 5) is 29.6. The van der Waals surface area contributed by atoms with E-state index in [1.54, 1.807) is 29.8 Å². The number of hydrogen-bond donors (Lipinski definition) is 2. The molecule has 1 unspecified atom stereocenters. The van der Waals surface area contributed by atoms with Crippen LogP contribution in [0.5, 0.6) is 11.5 Å². The van der Waals surface area contributed by atoms with Gasteiger partial charge in [0.05, 0.1) is 25.3 Å². The number of nitrogens with zero attached hydrogens (tertiary/aromatic N) is 2. The van der Waals surface area contributed by atoms with Gasteiger partial charge >= 0.3 is 5.97 Å². The zero-order valence-corrected chi connectivity index (χ0v) is 19.3. The molecule has 170 valence electrons. The predicted octanol–water partition coefficient (Wildman–Crippen LogP) is 3.79. The van der Waals surface area contributed by atoms with E-state index in [9.17, 15) is 19.1 Å². The molecule has 0 aliphatic carbocycles. The number of esters is 1. The summed E-state index contributed by atoms with van der Waals surface area (Å²) in [6, 6.07) is 4.76. The third kappa shape index (κ3) is 4.85. The summed E-state index contributed by atoms with van der Waals surface area (Å²) in [5, 5.41) is 13.2. The van der Waals surface area contributed by atoms with E-state index < -0.39 is 29.5 Å². The molecule has 2 atom stereocenters. The van der Waals surface area contributed by atoms with Gasteiger partial charge in [-0.25, -0.2) is 14.2 Å². The van der Waals surface area contributed by atoms with E-state index >= 15 is 0 Å². The molecule has 2 aromatic heterocycles. The summed E-state index contributed by atoms with van der Waals surface area (Å²) < 4.78 is 26.9. The molecule has 0 saturated carbocycles. The summed E-state index contributed by atoms with van der Waals surface area (Å²) in [6.07, 6.45) is 3.15. The Hall–Kier alpha value is -3.14. The van der Waals surface area contributed by atoms with Crippen LogP contribution in [-0.2, 0) is 16.1 Å². The van der Waals surface area contributed by atoms with Crippen molar-refractivity contribution in [1.29, 1.82) is 0 Å². The first-order chi connectivity index (χ1) is 15.3. The highest BCUT2D eigenvalue weighted by molar-refractivity contribution is 9.10. The Kier molecular flexibility index (Phi) is 7.34. The minimum atomic E-state index is -1.13. The number of halogens is 2. The molecule has 0 bridgehead atoms. The molecule has 0 saturated heterocycles. The van der Waals surface area contributed by atoms with Crippen LogP contribution in [-0.4, -0.2) is 45.8 Å². The van der Waals surface area contributed by atoms with E-state index in [0.29, 0.717) is 21.8 Å². The molecular formula is C22H23BrFN3O5. The van der Waals surface area contributed by atoms with Crippen LogP contribution in [0, 0.1) is 5.82 Å². The third-order valence-electron chi connectivity index (χ3n) is 5.01. The molecule has 0 spiro atoms. The first-order valence-corrected chi connectivity index (χ1v) is 10.7. The van der Waals surface area contributed by atoms with Gasteiger partial charge < -0.3 is 24.5 Å². The molecule has 1 aromatic carbocycles. The van der Waals surface area contributed by atoms with Crippen LogP contribution in [0.4, 0.5) is 4.39 Å². The van der Waals surface area contributed by atoms with Gasteiger partial charge in [-0.2, -0.15) is 0 Å². The van der Waals surface area contributed by atoms with E-state index in [0.717, 1.165) is 0 Å². The molecular weight excluding hydrogens is 485 g/mol. The quantitative estimate of drug-likeness (QED) is 0.449. The minimum Gasteiger partial charge on any atom is -0.503 e. The number of nitrogens with one attached hydrogen (secondary N) is 1. The Balaban J connectivity index is 1.94. The van der Waals surface area contributed by atoms with Gasteiger partial charge in [0, 0.05) is 28.3 Å². The molecule has 2 N–H and O–H groups in total. The Bertz CT molecular complexity index is 1150. The highest BCUT2D eigenvalue weighted by atomic mass is 79.9. The van der Waals surface area contributed by atoms with Gasteiger partial charge in [-0.05, 0) is 47.5 Å². The maximum absolute atomic E-state index is 14.2. The molecule has 10 heteroatoms. The van der Waals surface area contributed by atoms with Crippen molar-refractivity contribution in [1.82, 2.24) is 14.9 Å². The second-order valence-electron chi connectivity index (χ2n) is 7.15. The zero-order chi connectivity index (χ0) is 23.4. The van der Waals surface area contributed by atoms with Gasteiger partial charge in [-0.15, -0.1) is 0 Å². The summed E-state index contributed by atoms with van der Waals surface area (Å²) in [5.41, 5.74) is 0.234. The van der Waals surface area contributed by atoms with Crippen molar-refractivity contribution >= 4 is 38.7 Å². The number of aromatic nitrogens is 2. The minimum absolute atomic E-state index is 0.0305. The van der Waals surface area contributed by atoms with Crippen LogP contribution in [0.2, 0.25) is 0 Å². The number of rotatable bonds is 8. The lowest BCUT2D eigenvalue weighted by molar-refractivity contribution is -0.151. The lowest BCUT2D eigenvalue weighted by atomic mass is 10.2. The summed E-state index contributed by atoms with van der Waals surface area (Å²) in [6.45, 7) is 3.57. The lowest BCUT2D eigenvalue weighted by Crippen LogP contribution is -2.45. The van der Waals surface area contributed by atoms with Gasteiger partial charge in [0.25, 0.3) is 5.91 Å². The van der Waals surface area contributed by atoms with Crippen molar-refractivity contribution in [2.45, 2.75) is 39.0 Å². The second kappa shape index (κ2) is 9.99. The maximum atomic E-state index is 14.2. The molecule has 0 fully saturated rings. The predicted molar refractivity (Wildman–Crippen MR) is 119 cm³/mol. The monoisotopic (exact) mass is 507 g/mol. The molecule has 8 nitrogen and oxygen atoms in total. The summed E-state index contributed by atoms with van der Waals surface area (Å²) >= 11 is 3.40. The number of carbonyl (C=O) groups is 2. The third-order valence-corrected chi connectivity index (χ3v) is 5.65. The summed E-state index contributed by atoms with van der Waals surface area (Å²) in [5.74, 6) is -2.23. The molecule has 0 radical (unpaired) electrons. The van der Waals surface area contributed by atoms with E-state index in [4.69, 9.17) is 9.47 Å². The lowest BCUT2D eigenvalue weighted by Gasteiger charge is -2.21. The van der Waals surface area contributed by atoms with Crippen LogP contribution in [0.3, 0.4) is 0 Å². The molecule has 3 aromatic rings. The fraction of sp³-hybridized carbons (Fsp3) is 0.318. The van der Waals surface area contributed by atoms with Crippen LogP contribution in [0.15, 0.2) is 41.1 Å². The van der Waals surface area contributed by atoms with Crippen molar-refractivity contribution in [3.8, 4) is 11.5 Å². The van der Waals surface area contributed by atoms with Crippen LogP contribution >= 0.6 is 15.9 Å². The van der Waals surface area contributed by atoms with Crippen LogP contribution in [0.25, 0.3) is 10.9 Å². The van der Waals surface area contributed by atoms with Crippen molar-refractivity contribution in [3.63, 3.8) is 0 Å². The van der Waals surface area contributed by atoms with Gasteiger partial charge in [-0.3, -0.25) is 4.79 Å². The molecule has 3 rings (SSSR count). The number of carbonyl (C=O) groups excluding carboxylic acids is 2. The maximum Gasteiger partial charge on any atom is 0.330 e. The number of hydrogen-bond acceptors (Lipinski definition) is 6. The van der Waals surface area contributed by atoms with Crippen LogP contribution < -0.4 is 10.1 Å². The van der Waals surface area contributed by atoms with Crippen molar-refractivity contribution in [2.24, 2.45) is 0 Å². The number of aromatic hydroxyl groups is 1. The average Bonchev–Trinajstić information content (AvgIpc) is 3.20. The molecule has 32 heavy (non-hydrogen) atoms. The Morgan fingerprint density at radius 3 is 2.75 bits per heavy atom. The largest absolute Gasteiger partial charge is 0.503 e. The second-order valence-corrected chi connectivity index (χ2v) is 8.01. The molecule has 0 aliphatic heterocycles. The Morgan fingerprint density at radius 2 is 2.06 bits per heavy atom. The number of amides is 1. The van der Waals surface area contributed by atoms with Crippen molar-refractivity contribution in [2.75, 3.05) is 7.11 Å². The number of benzene rings is 1. The van der Waals surface area contributed by atoms with E-state index in [1.807, 2.05) is 6.92 Å². The fourth-order valence-electron chi connectivity index (χ4n) is 3.13. The average molecular weight is 508 g/mol. The highest BCUT2D eigenvalue weighted by Gasteiger charge is 2.28. The normalized spacial score (nSPS) is 12.9. The fourth-order valence-corrected chi connectivity index (χ4v) is 3.71. The first kappa shape index (κ1) is 23.5. The number of ether oxygens (including phenoxy) is 2. The van der Waals surface area contributed by atoms with E-state index in [2.05, 4.69) is 26.2 Å². The molecule has 1 amide bonds. The SMILES string of the molecule is CCC(C)OC(=O)[C@H](Cn1ccc2c(F)ccc(Br)c21)NC(=O)c1nccc(OC)c1O. The van der Waals surface area contributed by atoms with E-state index in [-0.39, 0.29) is 24.1 Å². The van der Waals surface area contributed by atoms with Gasteiger partial charge in [-0.1, -0.05) is 6.92 Å².